The number of carbonyl (C=O) groups excluding carboxylic acids is 1. The van der Waals surface area contributed by atoms with E-state index in [1.165, 1.54) is 46.8 Å². The maximum atomic E-state index is 12.9. The van der Waals surface area contributed by atoms with Crippen molar-refractivity contribution in [2.24, 2.45) is 0 Å². The van der Waals surface area contributed by atoms with Crippen LogP contribution in [0, 0.1) is 0 Å². The van der Waals surface area contributed by atoms with Gasteiger partial charge in [-0.2, -0.15) is 4.31 Å². The van der Waals surface area contributed by atoms with Crippen molar-refractivity contribution in [3.63, 3.8) is 0 Å². The van der Waals surface area contributed by atoms with Gasteiger partial charge in [-0.1, -0.05) is 24.4 Å². The molecular formula is C20H24ClN3O5S2. The molecule has 0 aromatic heterocycles. The van der Waals surface area contributed by atoms with E-state index in [2.05, 4.69) is 10.0 Å². The molecule has 0 spiro atoms. The van der Waals surface area contributed by atoms with Gasteiger partial charge in [0.05, 0.1) is 21.7 Å². The van der Waals surface area contributed by atoms with Crippen molar-refractivity contribution < 1.29 is 21.6 Å². The van der Waals surface area contributed by atoms with Crippen LogP contribution in [0.2, 0.25) is 5.02 Å². The van der Waals surface area contributed by atoms with Crippen LogP contribution in [0.5, 0.6) is 0 Å². The maximum absolute atomic E-state index is 12.9. The molecule has 2 aromatic rings. The van der Waals surface area contributed by atoms with Crippen LogP contribution in [0.4, 0.5) is 11.4 Å². The third kappa shape index (κ3) is 6.19. The van der Waals surface area contributed by atoms with E-state index in [0.29, 0.717) is 18.8 Å². The van der Waals surface area contributed by atoms with Crippen molar-refractivity contribution in [1.29, 1.82) is 0 Å². The third-order valence-electron chi connectivity index (χ3n) is 4.83. The fourth-order valence-electron chi connectivity index (χ4n) is 3.32. The normalized spacial score (nSPS) is 15.8. The number of hydrogen-bond acceptors (Lipinski definition) is 5. The Bertz CT molecular complexity index is 1160. The van der Waals surface area contributed by atoms with E-state index in [9.17, 15) is 21.6 Å². The lowest BCUT2D eigenvalue weighted by Gasteiger charge is -2.20. The molecule has 1 amide bonds. The van der Waals surface area contributed by atoms with Crippen LogP contribution in [-0.4, -0.2) is 46.4 Å². The number of anilines is 2. The van der Waals surface area contributed by atoms with Crippen LogP contribution >= 0.6 is 11.6 Å². The number of benzene rings is 2. The number of carbonyl (C=O) groups is 1. The zero-order chi connectivity index (χ0) is 22.6. The Kier molecular flexibility index (Phi) is 7.25. The minimum atomic E-state index is -3.58. The van der Waals surface area contributed by atoms with Crippen molar-refractivity contribution >= 4 is 48.9 Å². The first-order valence-electron chi connectivity index (χ1n) is 9.75. The average Bonchev–Trinajstić information content (AvgIpc) is 2.99. The minimum Gasteiger partial charge on any atom is -0.322 e. The van der Waals surface area contributed by atoms with E-state index < -0.39 is 26.0 Å². The Morgan fingerprint density at radius 1 is 0.903 bits per heavy atom. The molecule has 1 aliphatic heterocycles. The van der Waals surface area contributed by atoms with Gasteiger partial charge >= 0.3 is 0 Å². The lowest BCUT2D eigenvalue weighted by atomic mass is 10.2. The van der Waals surface area contributed by atoms with Crippen LogP contribution in [0.1, 0.15) is 36.0 Å². The van der Waals surface area contributed by atoms with E-state index in [1.807, 2.05) is 0 Å². The van der Waals surface area contributed by atoms with Gasteiger partial charge in [0.1, 0.15) is 0 Å². The van der Waals surface area contributed by atoms with Crippen molar-refractivity contribution in [2.75, 3.05) is 29.4 Å². The van der Waals surface area contributed by atoms with E-state index in [1.54, 1.807) is 0 Å². The number of rotatable bonds is 6. The Hall–Kier alpha value is -2.14. The molecule has 11 heteroatoms. The SMILES string of the molecule is CS(=O)(=O)Nc1ccc(Cl)c(C(=O)Nc2ccc(S(=O)(=O)N3CCCCCC3)cc2)c1. The summed E-state index contributed by atoms with van der Waals surface area (Å²) in [6.45, 7) is 1.02. The highest BCUT2D eigenvalue weighted by molar-refractivity contribution is 7.92. The van der Waals surface area contributed by atoms with Gasteiger partial charge < -0.3 is 5.32 Å². The van der Waals surface area contributed by atoms with Gasteiger partial charge in [-0.15, -0.1) is 0 Å². The Labute approximate surface area is 187 Å². The molecule has 0 saturated carbocycles. The van der Waals surface area contributed by atoms with Crippen LogP contribution < -0.4 is 10.0 Å². The van der Waals surface area contributed by atoms with Crippen LogP contribution in [0.15, 0.2) is 47.4 Å². The van der Waals surface area contributed by atoms with Crippen molar-refractivity contribution in [2.45, 2.75) is 30.6 Å². The molecule has 3 rings (SSSR count). The molecule has 0 atom stereocenters. The van der Waals surface area contributed by atoms with Crippen molar-refractivity contribution in [3.05, 3.63) is 53.1 Å². The molecule has 1 fully saturated rings. The summed E-state index contributed by atoms with van der Waals surface area (Å²) < 4.78 is 52.3. The maximum Gasteiger partial charge on any atom is 0.257 e. The first-order valence-corrected chi connectivity index (χ1v) is 13.5. The largest absolute Gasteiger partial charge is 0.322 e. The lowest BCUT2D eigenvalue weighted by Crippen LogP contribution is -2.31. The first-order chi connectivity index (χ1) is 14.6. The lowest BCUT2D eigenvalue weighted by molar-refractivity contribution is 0.102. The van der Waals surface area contributed by atoms with E-state index in [0.717, 1.165) is 31.9 Å². The second-order valence-corrected chi connectivity index (χ2v) is 11.5. The Morgan fingerprint density at radius 2 is 1.48 bits per heavy atom. The molecule has 0 radical (unpaired) electrons. The molecule has 31 heavy (non-hydrogen) atoms. The topological polar surface area (TPSA) is 113 Å². The molecule has 168 valence electrons. The highest BCUT2D eigenvalue weighted by atomic mass is 35.5. The van der Waals surface area contributed by atoms with Gasteiger partial charge in [0.15, 0.2) is 0 Å². The third-order valence-corrected chi connectivity index (χ3v) is 7.68. The van der Waals surface area contributed by atoms with Crippen molar-refractivity contribution in [1.82, 2.24) is 4.31 Å². The summed E-state index contributed by atoms with van der Waals surface area (Å²) in [5.41, 5.74) is 0.671. The number of nitrogens with zero attached hydrogens (tertiary/aromatic N) is 1. The molecule has 8 nitrogen and oxygen atoms in total. The number of nitrogens with one attached hydrogen (secondary N) is 2. The van der Waals surface area contributed by atoms with Crippen LogP contribution in [0.3, 0.4) is 0 Å². The number of amides is 1. The first kappa shape index (κ1) is 23.5. The number of halogens is 1. The summed E-state index contributed by atoms with van der Waals surface area (Å²) >= 11 is 6.09. The van der Waals surface area contributed by atoms with Crippen LogP contribution in [-0.2, 0) is 20.0 Å². The Morgan fingerprint density at radius 3 is 2.06 bits per heavy atom. The van der Waals surface area contributed by atoms with E-state index >= 15 is 0 Å². The number of hydrogen-bond donors (Lipinski definition) is 2. The molecule has 0 bridgehead atoms. The second kappa shape index (κ2) is 9.56. The minimum absolute atomic E-state index is 0.0802. The molecule has 1 saturated heterocycles. The summed E-state index contributed by atoms with van der Waals surface area (Å²) in [4.78, 5) is 12.8. The average molecular weight is 486 g/mol. The van der Waals surface area contributed by atoms with E-state index in [-0.39, 0.29) is 21.2 Å². The van der Waals surface area contributed by atoms with Crippen LogP contribution in [0.25, 0.3) is 0 Å². The molecule has 2 aromatic carbocycles. The summed E-state index contributed by atoms with van der Waals surface area (Å²) in [7, 11) is -7.09. The molecule has 0 unspecified atom stereocenters. The highest BCUT2D eigenvalue weighted by Crippen LogP contribution is 2.24. The zero-order valence-electron chi connectivity index (χ0n) is 17.0. The summed E-state index contributed by atoms with van der Waals surface area (Å²) in [6, 6.07) is 10.1. The van der Waals surface area contributed by atoms with Gasteiger partial charge in [-0.25, -0.2) is 16.8 Å². The summed E-state index contributed by atoms with van der Waals surface area (Å²) in [6.07, 6.45) is 4.76. The fourth-order valence-corrected chi connectivity index (χ4v) is 5.59. The second-order valence-electron chi connectivity index (χ2n) is 7.37. The predicted molar refractivity (Wildman–Crippen MR) is 122 cm³/mol. The van der Waals surface area contributed by atoms with E-state index in [4.69, 9.17) is 11.6 Å². The highest BCUT2D eigenvalue weighted by Gasteiger charge is 2.25. The Balaban J connectivity index is 1.75. The smallest absolute Gasteiger partial charge is 0.257 e. The molecule has 0 aliphatic carbocycles. The number of sulfonamides is 2. The quantitative estimate of drug-likeness (QED) is 0.649. The fraction of sp³-hybridized carbons (Fsp3) is 0.350. The van der Waals surface area contributed by atoms with Gasteiger partial charge in [0, 0.05) is 24.5 Å². The molecule has 1 aliphatic rings. The standard InChI is InChI=1S/C20H24ClN3O5S2/c1-30(26,27)23-16-8-11-19(21)18(14-16)20(25)22-15-6-9-17(10-7-15)31(28,29)24-12-4-2-3-5-13-24/h6-11,14,23H,2-5,12-13H2,1H3,(H,22,25). The van der Waals surface area contributed by atoms with Gasteiger partial charge in [-0.3, -0.25) is 9.52 Å². The zero-order valence-corrected chi connectivity index (χ0v) is 19.4. The summed E-state index contributed by atoms with van der Waals surface area (Å²) in [5, 5.41) is 2.80. The molecule has 2 N–H and O–H groups in total. The molecular weight excluding hydrogens is 462 g/mol. The summed E-state index contributed by atoms with van der Waals surface area (Å²) in [5.74, 6) is -0.551. The monoisotopic (exact) mass is 485 g/mol. The van der Waals surface area contributed by atoms with Gasteiger partial charge in [0.25, 0.3) is 5.91 Å². The van der Waals surface area contributed by atoms with Gasteiger partial charge in [0.2, 0.25) is 20.0 Å². The van der Waals surface area contributed by atoms with Gasteiger partial charge in [-0.05, 0) is 55.3 Å². The molecule has 1 heterocycles. The predicted octanol–water partition coefficient (Wildman–Crippen LogP) is 3.53. The van der Waals surface area contributed by atoms with Crippen molar-refractivity contribution in [3.8, 4) is 0 Å².